The van der Waals surface area contributed by atoms with E-state index in [2.05, 4.69) is 14.4 Å². The Balaban J connectivity index is 2.00. The van der Waals surface area contributed by atoms with Crippen LogP contribution in [0.3, 0.4) is 0 Å². The van der Waals surface area contributed by atoms with E-state index in [9.17, 15) is 13.2 Å². The number of ether oxygens (including phenoxy) is 1. The van der Waals surface area contributed by atoms with Gasteiger partial charge in [0.15, 0.2) is 0 Å². The zero-order valence-electron chi connectivity index (χ0n) is 14.5. The molecule has 1 aliphatic rings. The molecule has 1 aromatic rings. The van der Waals surface area contributed by atoms with Crippen molar-refractivity contribution in [3.8, 4) is 0 Å². The second kappa shape index (κ2) is 8.31. The number of aromatic nitrogens is 1. The molecule has 0 aliphatic carbocycles. The average molecular weight is 391 g/mol. The van der Waals surface area contributed by atoms with Gasteiger partial charge in [-0.3, -0.25) is 4.79 Å². The van der Waals surface area contributed by atoms with Crippen LogP contribution in [0.2, 0.25) is 5.02 Å². The van der Waals surface area contributed by atoms with Crippen LogP contribution >= 0.6 is 11.6 Å². The van der Waals surface area contributed by atoms with Crippen molar-refractivity contribution in [3.63, 3.8) is 0 Å². The minimum Gasteiger partial charge on any atom is -0.468 e. The topological polar surface area (TPSA) is 91.8 Å². The SMILES string of the molecule is COC(=O)C(NS(=O)(=O)N1CCN(c2ccc(Cl)cn2)CC1)C(C)C. The third kappa shape index (κ3) is 5.04. The van der Waals surface area contributed by atoms with Crippen LogP contribution in [0.25, 0.3) is 0 Å². The lowest BCUT2D eigenvalue weighted by molar-refractivity contribution is -0.143. The summed E-state index contributed by atoms with van der Waals surface area (Å²) in [5.41, 5.74) is 0. The van der Waals surface area contributed by atoms with Gasteiger partial charge in [-0.1, -0.05) is 25.4 Å². The molecule has 1 atom stereocenters. The number of pyridine rings is 1. The van der Waals surface area contributed by atoms with Crippen LogP contribution in [0, 0.1) is 5.92 Å². The van der Waals surface area contributed by atoms with Crippen LogP contribution in [0.5, 0.6) is 0 Å². The Morgan fingerprint density at radius 3 is 2.40 bits per heavy atom. The summed E-state index contributed by atoms with van der Waals surface area (Å²) in [6.07, 6.45) is 1.56. The molecule has 2 rings (SSSR count). The molecule has 1 fully saturated rings. The molecule has 0 aromatic carbocycles. The molecular formula is C15H23ClN4O4S. The summed E-state index contributed by atoms with van der Waals surface area (Å²) in [7, 11) is -2.54. The molecule has 140 valence electrons. The first-order chi connectivity index (χ1) is 11.7. The Labute approximate surface area is 153 Å². The summed E-state index contributed by atoms with van der Waals surface area (Å²) < 4.78 is 33.6. The van der Waals surface area contributed by atoms with Crippen molar-refractivity contribution in [2.24, 2.45) is 5.92 Å². The number of halogens is 1. The van der Waals surface area contributed by atoms with Crippen LogP contribution in [-0.2, 0) is 19.7 Å². The maximum Gasteiger partial charge on any atom is 0.324 e. The van der Waals surface area contributed by atoms with Crippen molar-refractivity contribution in [2.75, 3.05) is 38.2 Å². The lowest BCUT2D eigenvalue weighted by Crippen LogP contribution is -2.56. The second-order valence-corrected chi connectivity index (χ2v) is 8.23. The lowest BCUT2D eigenvalue weighted by Gasteiger charge is -2.35. The van der Waals surface area contributed by atoms with Crippen molar-refractivity contribution in [3.05, 3.63) is 23.4 Å². The summed E-state index contributed by atoms with van der Waals surface area (Å²) in [4.78, 5) is 18.0. The average Bonchev–Trinajstić information content (AvgIpc) is 2.59. The number of methoxy groups -OCH3 is 1. The van der Waals surface area contributed by atoms with Crippen molar-refractivity contribution < 1.29 is 17.9 Å². The fraction of sp³-hybridized carbons (Fsp3) is 0.600. The van der Waals surface area contributed by atoms with Crippen molar-refractivity contribution in [1.29, 1.82) is 0 Å². The lowest BCUT2D eigenvalue weighted by atomic mass is 10.1. The van der Waals surface area contributed by atoms with E-state index in [1.807, 2.05) is 4.90 Å². The van der Waals surface area contributed by atoms with Crippen LogP contribution in [0.4, 0.5) is 5.82 Å². The van der Waals surface area contributed by atoms with Gasteiger partial charge in [-0.25, -0.2) is 4.98 Å². The van der Waals surface area contributed by atoms with Crippen LogP contribution < -0.4 is 9.62 Å². The summed E-state index contributed by atoms with van der Waals surface area (Å²) in [5.74, 6) is -0.0617. The van der Waals surface area contributed by atoms with Gasteiger partial charge in [-0.15, -0.1) is 0 Å². The normalized spacial score (nSPS) is 17.6. The Hall–Kier alpha value is -1.42. The fourth-order valence-electron chi connectivity index (χ4n) is 2.53. The van der Waals surface area contributed by atoms with Gasteiger partial charge in [0.2, 0.25) is 0 Å². The largest absolute Gasteiger partial charge is 0.468 e. The molecule has 0 bridgehead atoms. The molecule has 2 heterocycles. The molecule has 1 N–H and O–H groups in total. The van der Waals surface area contributed by atoms with Gasteiger partial charge in [0.05, 0.1) is 12.1 Å². The van der Waals surface area contributed by atoms with Crippen molar-refractivity contribution in [2.45, 2.75) is 19.9 Å². The third-order valence-electron chi connectivity index (χ3n) is 4.01. The minimum absolute atomic E-state index is 0.221. The predicted octanol–water partition coefficient (Wildman–Crippen LogP) is 0.889. The molecule has 0 amide bonds. The standard InChI is InChI=1S/C15H23ClN4O4S/c1-11(2)14(15(21)24-3)18-25(22,23)20-8-6-19(7-9-20)13-5-4-12(16)10-17-13/h4-5,10-11,14,18H,6-9H2,1-3H3. The van der Waals surface area contributed by atoms with Gasteiger partial charge in [-0.2, -0.15) is 17.4 Å². The van der Waals surface area contributed by atoms with Gasteiger partial charge in [-0.05, 0) is 18.1 Å². The predicted molar refractivity (Wildman–Crippen MR) is 95.7 cm³/mol. The molecule has 10 heteroatoms. The number of carbonyl (C=O) groups is 1. The number of anilines is 1. The molecule has 25 heavy (non-hydrogen) atoms. The Morgan fingerprint density at radius 1 is 1.28 bits per heavy atom. The van der Waals surface area contributed by atoms with Gasteiger partial charge >= 0.3 is 5.97 Å². The quantitative estimate of drug-likeness (QED) is 0.725. The highest BCUT2D eigenvalue weighted by Crippen LogP contribution is 2.17. The Bertz CT molecular complexity index is 688. The van der Waals surface area contributed by atoms with E-state index in [-0.39, 0.29) is 5.92 Å². The van der Waals surface area contributed by atoms with Gasteiger partial charge in [0.25, 0.3) is 10.2 Å². The maximum atomic E-state index is 12.6. The first-order valence-corrected chi connectivity index (χ1v) is 9.78. The maximum absolute atomic E-state index is 12.6. The molecule has 0 radical (unpaired) electrons. The highest BCUT2D eigenvalue weighted by atomic mass is 35.5. The molecular weight excluding hydrogens is 368 g/mol. The van der Waals surface area contributed by atoms with Gasteiger partial charge < -0.3 is 9.64 Å². The molecule has 1 unspecified atom stereocenters. The third-order valence-corrected chi connectivity index (χ3v) is 5.83. The van der Waals surface area contributed by atoms with Crippen molar-refractivity contribution in [1.82, 2.24) is 14.0 Å². The Kier molecular flexibility index (Phi) is 6.61. The summed E-state index contributed by atoms with van der Waals surface area (Å²) in [6, 6.07) is 2.64. The minimum atomic E-state index is -3.78. The second-order valence-electron chi connectivity index (χ2n) is 6.09. The zero-order valence-corrected chi connectivity index (χ0v) is 16.0. The molecule has 1 aromatic heterocycles. The van der Waals surface area contributed by atoms with Gasteiger partial charge in [0.1, 0.15) is 11.9 Å². The number of esters is 1. The number of nitrogens with zero attached hydrogens (tertiary/aromatic N) is 3. The number of hydrogen-bond donors (Lipinski definition) is 1. The Morgan fingerprint density at radius 2 is 1.92 bits per heavy atom. The molecule has 0 spiro atoms. The number of carbonyl (C=O) groups excluding carboxylic acids is 1. The number of hydrogen-bond acceptors (Lipinski definition) is 6. The highest BCUT2D eigenvalue weighted by Gasteiger charge is 2.33. The molecule has 1 saturated heterocycles. The van der Waals surface area contributed by atoms with E-state index in [1.165, 1.54) is 11.4 Å². The van der Waals surface area contributed by atoms with E-state index in [0.29, 0.717) is 31.2 Å². The summed E-state index contributed by atoms with van der Waals surface area (Å²) in [5, 5.41) is 0.553. The first-order valence-electron chi connectivity index (χ1n) is 7.96. The summed E-state index contributed by atoms with van der Waals surface area (Å²) in [6.45, 7) is 5.11. The highest BCUT2D eigenvalue weighted by molar-refractivity contribution is 7.87. The van der Waals surface area contributed by atoms with Crippen LogP contribution in [0.1, 0.15) is 13.8 Å². The van der Waals surface area contributed by atoms with E-state index in [0.717, 1.165) is 5.82 Å². The van der Waals surface area contributed by atoms with Gasteiger partial charge in [0, 0.05) is 32.4 Å². The monoisotopic (exact) mass is 390 g/mol. The molecule has 8 nitrogen and oxygen atoms in total. The van der Waals surface area contributed by atoms with Crippen LogP contribution in [-0.4, -0.2) is 63.0 Å². The van der Waals surface area contributed by atoms with E-state index in [4.69, 9.17) is 11.6 Å². The zero-order chi connectivity index (χ0) is 18.6. The van der Waals surface area contributed by atoms with E-state index < -0.39 is 22.2 Å². The number of piperazine rings is 1. The van der Waals surface area contributed by atoms with E-state index >= 15 is 0 Å². The first kappa shape index (κ1) is 19.9. The van der Waals surface area contributed by atoms with Crippen LogP contribution in [0.15, 0.2) is 18.3 Å². The van der Waals surface area contributed by atoms with Crippen molar-refractivity contribution >= 4 is 33.6 Å². The summed E-state index contributed by atoms with van der Waals surface area (Å²) >= 11 is 5.83. The fourth-order valence-corrected chi connectivity index (χ4v) is 4.13. The number of rotatable bonds is 6. The van der Waals surface area contributed by atoms with E-state index in [1.54, 1.807) is 32.2 Å². The number of nitrogens with one attached hydrogen (secondary N) is 1. The smallest absolute Gasteiger partial charge is 0.324 e. The molecule has 1 aliphatic heterocycles. The molecule has 0 saturated carbocycles.